The van der Waals surface area contributed by atoms with Crippen LogP contribution in [-0.4, -0.2) is 11.6 Å². The molecule has 5 rings (SSSR count). The van der Waals surface area contributed by atoms with Gasteiger partial charge in [0.2, 0.25) is 0 Å². The number of fused-ring (bicyclic) bond motifs is 2. The molecule has 3 fully saturated rings. The first-order chi connectivity index (χ1) is 15.7. The fraction of sp³-hybridized carbons (Fsp3) is 0.643. The zero-order valence-corrected chi connectivity index (χ0v) is 21.0. The Balaban J connectivity index is 1.53. The molecule has 0 aliphatic heterocycles. The van der Waals surface area contributed by atoms with Gasteiger partial charge in [0.15, 0.2) is 0 Å². The molecule has 0 aromatic carbocycles. The van der Waals surface area contributed by atoms with Gasteiger partial charge in [-0.05, 0) is 72.2 Å². The van der Waals surface area contributed by atoms with Crippen LogP contribution in [0.25, 0.3) is 0 Å². The lowest BCUT2D eigenvalue weighted by atomic mass is 9.56. The molecule has 3 aliphatic rings. The largest absolute Gasteiger partial charge is 0.299 e. The molecule has 2 aromatic rings. The van der Waals surface area contributed by atoms with Gasteiger partial charge in [-0.25, -0.2) is 0 Å². The second-order valence-corrected chi connectivity index (χ2v) is 12.4. The molecule has 172 valence electrons. The van der Waals surface area contributed by atoms with Gasteiger partial charge < -0.3 is 0 Å². The smallest absolute Gasteiger partial charge is 0.144 e. The number of unbranched alkanes of at least 4 members (excludes halogenated alkanes) is 2. The molecule has 3 saturated carbocycles. The number of hydrogen-bond donors (Lipinski definition) is 0. The second-order valence-electron chi connectivity index (χ2n) is 10.4. The Bertz CT molecular complexity index is 839. The van der Waals surface area contributed by atoms with Crippen LogP contribution in [0, 0.1) is 35.5 Å². The van der Waals surface area contributed by atoms with E-state index < -0.39 is 0 Å². The average Bonchev–Trinajstić information content (AvgIpc) is 3.58. The van der Waals surface area contributed by atoms with Crippen LogP contribution in [0.4, 0.5) is 0 Å². The highest BCUT2D eigenvalue weighted by Crippen LogP contribution is 2.62. The van der Waals surface area contributed by atoms with Gasteiger partial charge in [-0.3, -0.25) is 9.59 Å². The molecule has 0 radical (unpaired) electrons. The standard InChI is InChI=1S/C28H36O2S2/c1-3-5-9-17-19-15-21(23-11-7-13-31-23)28(30)26(19)18(10-6-4-2)20-16-22(27(29)25(17)20)24-12-8-14-32-24/h7-8,11-14,17-22,25-26H,3-6,9-10,15-16H2,1-2H3. The van der Waals surface area contributed by atoms with Gasteiger partial charge in [-0.15, -0.1) is 22.7 Å². The summed E-state index contributed by atoms with van der Waals surface area (Å²) in [7, 11) is 0. The first-order valence-corrected chi connectivity index (χ1v) is 14.6. The minimum Gasteiger partial charge on any atom is -0.299 e. The van der Waals surface area contributed by atoms with Crippen LogP contribution in [0.5, 0.6) is 0 Å². The van der Waals surface area contributed by atoms with Crippen molar-refractivity contribution in [1.29, 1.82) is 0 Å². The van der Waals surface area contributed by atoms with Gasteiger partial charge in [-0.2, -0.15) is 0 Å². The number of rotatable bonds is 8. The fourth-order valence-corrected chi connectivity index (χ4v) is 9.28. The SMILES string of the molecule is CCCCC1C2CC(c3cccs3)C(=O)C2C(CCCC)C2CC(c3cccs3)C(=O)C12. The summed E-state index contributed by atoms with van der Waals surface area (Å²) in [4.78, 5) is 30.4. The summed E-state index contributed by atoms with van der Waals surface area (Å²) in [5.74, 6) is 3.09. The third-order valence-corrected chi connectivity index (χ3v) is 10.8. The lowest BCUT2D eigenvalue weighted by Gasteiger charge is -2.46. The quantitative estimate of drug-likeness (QED) is 0.397. The van der Waals surface area contributed by atoms with Crippen molar-refractivity contribution < 1.29 is 9.59 Å². The monoisotopic (exact) mass is 468 g/mol. The third-order valence-electron chi connectivity index (χ3n) is 8.86. The molecule has 0 N–H and O–H groups in total. The fourth-order valence-electron chi connectivity index (χ4n) is 7.59. The number of hydrogen-bond acceptors (Lipinski definition) is 4. The summed E-state index contributed by atoms with van der Waals surface area (Å²) in [6, 6.07) is 8.49. The minimum absolute atomic E-state index is 0.0697. The zero-order chi connectivity index (χ0) is 22.2. The Kier molecular flexibility index (Phi) is 6.72. The summed E-state index contributed by atoms with van der Waals surface area (Å²) < 4.78 is 0. The highest BCUT2D eigenvalue weighted by atomic mass is 32.1. The van der Waals surface area contributed by atoms with E-state index in [9.17, 15) is 9.59 Å². The van der Waals surface area contributed by atoms with Gasteiger partial charge in [-0.1, -0.05) is 51.7 Å². The predicted molar refractivity (Wildman–Crippen MR) is 133 cm³/mol. The van der Waals surface area contributed by atoms with Crippen LogP contribution in [0.3, 0.4) is 0 Å². The van der Waals surface area contributed by atoms with Gasteiger partial charge in [0.1, 0.15) is 11.6 Å². The van der Waals surface area contributed by atoms with Crippen LogP contribution < -0.4 is 0 Å². The molecule has 32 heavy (non-hydrogen) atoms. The van der Waals surface area contributed by atoms with Crippen LogP contribution in [0.2, 0.25) is 0 Å². The predicted octanol–water partition coefficient (Wildman–Crippen LogP) is 7.71. The first-order valence-electron chi connectivity index (χ1n) is 12.8. The van der Waals surface area contributed by atoms with E-state index in [1.165, 1.54) is 22.6 Å². The summed E-state index contributed by atoms with van der Waals surface area (Å²) in [6.45, 7) is 4.50. The van der Waals surface area contributed by atoms with Crippen LogP contribution in [-0.2, 0) is 9.59 Å². The molecule has 3 aliphatic carbocycles. The molecule has 2 heterocycles. The van der Waals surface area contributed by atoms with E-state index in [4.69, 9.17) is 0 Å². The second kappa shape index (κ2) is 9.54. The van der Waals surface area contributed by atoms with Crippen molar-refractivity contribution >= 4 is 34.2 Å². The summed E-state index contributed by atoms with van der Waals surface area (Å²) in [6.07, 6.45) is 8.85. The van der Waals surface area contributed by atoms with Gasteiger partial charge in [0.25, 0.3) is 0 Å². The Labute approximate surface area is 200 Å². The van der Waals surface area contributed by atoms with Gasteiger partial charge in [0, 0.05) is 21.6 Å². The normalized spacial score (nSPS) is 36.4. The van der Waals surface area contributed by atoms with E-state index in [-0.39, 0.29) is 23.7 Å². The van der Waals surface area contributed by atoms with E-state index in [2.05, 4.69) is 48.9 Å². The highest BCUT2D eigenvalue weighted by molar-refractivity contribution is 7.10. The van der Waals surface area contributed by atoms with Gasteiger partial charge in [0.05, 0.1) is 11.8 Å². The lowest BCUT2D eigenvalue weighted by molar-refractivity contribution is -0.134. The lowest BCUT2D eigenvalue weighted by Crippen LogP contribution is -2.46. The molecular formula is C28H36O2S2. The maximum atomic E-state index is 13.9. The summed E-state index contributed by atoms with van der Waals surface area (Å²) >= 11 is 3.48. The van der Waals surface area contributed by atoms with Gasteiger partial charge >= 0.3 is 0 Å². The number of carbonyl (C=O) groups excluding carboxylic acids is 2. The zero-order valence-electron chi connectivity index (χ0n) is 19.4. The van der Waals surface area contributed by atoms with Crippen molar-refractivity contribution in [3.05, 3.63) is 44.8 Å². The minimum atomic E-state index is 0.0697. The first kappa shape index (κ1) is 22.5. The van der Waals surface area contributed by atoms with Crippen molar-refractivity contribution in [1.82, 2.24) is 0 Å². The topological polar surface area (TPSA) is 34.1 Å². The highest BCUT2D eigenvalue weighted by Gasteiger charge is 2.62. The molecule has 2 aromatic heterocycles. The molecule has 0 saturated heterocycles. The number of ketones is 2. The van der Waals surface area contributed by atoms with E-state index in [0.29, 0.717) is 35.2 Å². The summed E-state index contributed by atoms with van der Waals surface area (Å²) in [5, 5.41) is 4.22. The Morgan fingerprint density at radius 3 is 1.53 bits per heavy atom. The van der Waals surface area contributed by atoms with E-state index in [1.807, 2.05) is 0 Å². The number of thiophene rings is 2. The molecule has 8 atom stereocenters. The van der Waals surface area contributed by atoms with Crippen molar-refractivity contribution in [2.24, 2.45) is 35.5 Å². The van der Waals surface area contributed by atoms with Crippen molar-refractivity contribution in [3.63, 3.8) is 0 Å². The van der Waals surface area contributed by atoms with E-state index in [1.54, 1.807) is 22.7 Å². The van der Waals surface area contributed by atoms with Crippen LogP contribution >= 0.6 is 22.7 Å². The van der Waals surface area contributed by atoms with Crippen molar-refractivity contribution in [2.75, 3.05) is 0 Å². The Morgan fingerprint density at radius 2 is 1.19 bits per heavy atom. The molecule has 8 unspecified atom stereocenters. The molecule has 0 bridgehead atoms. The molecule has 0 amide bonds. The van der Waals surface area contributed by atoms with Crippen molar-refractivity contribution in [3.8, 4) is 0 Å². The Hall–Kier alpha value is -1.26. The van der Waals surface area contributed by atoms with E-state index >= 15 is 0 Å². The van der Waals surface area contributed by atoms with Crippen LogP contribution in [0.15, 0.2) is 35.0 Å². The number of carbonyl (C=O) groups is 2. The maximum Gasteiger partial charge on any atom is 0.144 e. The molecule has 0 spiro atoms. The molecule has 2 nitrogen and oxygen atoms in total. The maximum absolute atomic E-state index is 13.9. The third kappa shape index (κ3) is 3.76. The van der Waals surface area contributed by atoms with E-state index in [0.717, 1.165) is 38.5 Å². The van der Waals surface area contributed by atoms with Crippen molar-refractivity contribution in [2.45, 2.75) is 77.0 Å². The molecule has 4 heteroatoms. The molecular weight excluding hydrogens is 432 g/mol. The number of Topliss-reactive ketones (excluding diaryl/α,β-unsaturated/α-hetero) is 2. The van der Waals surface area contributed by atoms with Crippen LogP contribution in [0.1, 0.15) is 86.8 Å². The Morgan fingerprint density at radius 1 is 0.750 bits per heavy atom. The summed E-state index contributed by atoms with van der Waals surface area (Å²) in [5.41, 5.74) is 0. The average molecular weight is 469 g/mol.